The van der Waals surface area contributed by atoms with Crippen molar-refractivity contribution in [1.82, 2.24) is 10.2 Å². The molecule has 1 aromatic rings. The van der Waals surface area contributed by atoms with Crippen LogP contribution in [-0.2, 0) is 6.42 Å². The van der Waals surface area contributed by atoms with Gasteiger partial charge in [-0.25, -0.2) is 0 Å². The predicted octanol–water partition coefficient (Wildman–Crippen LogP) is 1.87. The molecule has 1 fully saturated rings. The molecule has 0 saturated carbocycles. The molecule has 0 bridgehead atoms. The maximum absolute atomic E-state index is 9.68. The molecule has 112 valence electrons. The molecular formula is C16H26N2O2. The van der Waals surface area contributed by atoms with E-state index < -0.39 is 0 Å². The van der Waals surface area contributed by atoms with E-state index in [0.717, 1.165) is 32.6 Å². The quantitative estimate of drug-likeness (QED) is 0.863. The van der Waals surface area contributed by atoms with E-state index in [4.69, 9.17) is 4.74 Å². The number of hydrogen-bond acceptors (Lipinski definition) is 4. The monoisotopic (exact) mass is 278 g/mol. The van der Waals surface area contributed by atoms with Gasteiger partial charge in [-0.15, -0.1) is 0 Å². The van der Waals surface area contributed by atoms with Crippen molar-refractivity contribution in [2.75, 3.05) is 33.3 Å². The van der Waals surface area contributed by atoms with Crippen molar-refractivity contribution in [1.29, 1.82) is 0 Å². The summed E-state index contributed by atoms with van der Waals surface area (Å²) in [5, 5.41) is 13.1. The fourth-order valence-electron chi connectivity index (χ4n) is 2.89. The summed E-state index contributed by atoms with van der Waals surface area (Å²) in [5.41, 5.74) is 1.22. The van der Waals surface area contributed by atoms with E-state index in [0.29, 0.717) is 17.7 Å². The molecule has 1 aromatic carbocycles. The summed E-state index contributed by atoms with van der Waals surface area (Å²) in [6, 6.07) is 6.21. The minimum atomic E-state index is 0.208. The summed E-state index contributed by atoms with van der Waals surface area (Å²) in [6.45, 7) is 8.93. The molecule has 1 aliphatic rings. The third-order valence-electron chi connectivity index (χ3n) is 4.08. The molecule has 20 heavy (non-hydrogen) atoms. The van der Waals surface area contributed by atoms with Crippen LogP contribution in [0.3, 0.4) is 0 Å². The molecule has 0 aliphatic carbocycles. The van der Waals surface area contributed by atoms with Crippen LogP contribution in [0, 0.1) is 5.92 Å². The summed E-state index contributed by atoms with van der Waals surface area (Å²) in [5.74, 6) is 1.37. The third kappa shape index (κ3) is 3.64. The molecule has 0 aromatic heterocycles. The van der Waals surface area contributed by atoms with Gasteiger partial charge in [0, 0.05) is 32.2 Å². The first-order valence-electron chi connectivity index (χ1n) is 7.42. The van der Waals surface area contributed by atoms with Gasteiger partial charge in [0.05, 0.1) is 7.11 Å². The Hall–Kier alpha value is -1.26. The second kappa shape index (κ2) is 6.95. The first kappa shape index (κ1) is 15.1. The lowest BCUT2D eigenvalue weighted by Crippen LogP contribution is -2.50. The van der Waals surface area contributed by atoms with Crippen molar-refractivity contribution < 1.29 is 9.84 Å². The minimum Gasteiger partial charge on any atom is -0.504 e. The van der Waals surface area contributed by atoms with Crippen LogP contribution < -0.4 is 10.1 Å². The summed E-state index contributed by atoms with van der Waals surface area (Å²) < 4.78 is 5.20. The first-order valence-corrected chi connectivity index (χ1v) is 7.42. The van der Waals surface area contributed by atoms with Crippen LogP contribution in [0.5, 0.6) is 11.5 Å². The van der Waals surface area contributed by atoms with Gasteiger partial charge in [-0.3, -0.25) is 4.90 Å². The van der Waals surface area contributed by atoms with Gasteiger partial charge in [-0.05, 0) is 30.0 Å². The molecule has 1 unspecified atom stereocenters. The average molecular weight is 278 g/mol. The lowest BCUT2D eigenvalue weighted by Gasteiger charge is -2.37. The number of aromatic hydroxyl groups is 1. The van der Waals surface area contributed by atoms with Crippen LogP contribution in [0.15, 0.2) is 18.2 Å². The third-order valence-corrected chi connectivity index (χ3v) is 4.08. The van der Waals surface area contributed by atoms with Crippen LogP contribution >= 0.6 is 0 Å². The highest BCUT2D eigenvalue weighted by Gasteiger charge is 2.23. The van der Waals surface area contributed by atoms with Crippen LogP contribution in [0.4, 0.5) is 0 Å². The standard InChI is InChI=1S/C16H26N2O2/c1-12(2)14(18-8-6-17-7-9-18)10-13-4-5-15(19)16(11-13)20-3/h4-5,11-12,14,17,19H,6-10H2,1-3H3. The fraction of sp³-hybridized carbons (Fsp3) is 0.625. The number of ether oxygens (including phenoxy) is 1. The van der Waals surface area contributed by atoms with Crippen molar-refractivity contribution in [3.05, 3.63) is 23.8 Å². The van der Waals surface area contributed by atoms with Crippen LogP contribution in [0.25, 0.3) is 0 Å². The number of nitrogens with zero attached hydrogens (tertiary/aromatic N) is 1. The zero-order chi connectivity index (χ0) is 14.5. The zero-order valence-electron chi connectivity index (χ0n) is 12.7. The Morgan fingerprint density at radius 2 is 2.00 bits per heavy atom. The SMILES string of the molecule is COc1cc(CC(C(C)C)N2CCNCC2)ccc1O. The molecule has 0 radical (unpaired) electrons. The van der Waals surface area contributed by atoms with Gasteiger partial charge in [0.1, 0.15) is 0 Å². The molecule has 2 N–H and O–H groups in total. The molecule has 1 atom stereocenters. The highest BCUT2D eigenvalue weighted by atomic mass is 16.5. The number of methoxy groups -OCH3 is 1. The second-order valence-electron chi connectivity index (χ2n) is 5.81. The predicted molar refractivity (Wildman–Crippen MR) is 81.4 cm³/mol. The topological polar surface area (TPSA) is 44.7 Å². The minimum absolute atomic E-state index is 0.208. The highest BCUT2D eigenvalue weighted by Crippen LogP contribution is 2.28. The van der Waals surface area contributed by atoms with Crippen molar-refractivity contribution in [2.45, 2.75) is 26.3 Å². The fourth-order valence-corrected chi connectivity index (χ4v) is 2.89. The van der Waals surface area contributed by atoms with E-state index in [1.165, 1.54) is 5.56 Å². The lowest BCUT2D eigenvalue weighted by atomic mass is 9.94. The smallest absolute Gasteiger partial charge is 0.160 e. The van der Waals surface area contributed by atoms with Crippen molar-refractivity contribution in [3.8, 4) is 11.5 Å². The molecule has 0 amide bonds. The molecule has 0 spiro atoms. The molecule has 1 heterocycles. The van der Waals surface area contributed by atoms with Gasteiger partial charge < -0.3 is 15.2 Å². The Morgan fingerprint density at radius 3 is 2.60 bits per heavy atom. The molecule has 1 aliphatic heterocycles. The summed E-state index contributed by atoms with van der Waals surface area (Å²) in [4.78, 5) is 2.57. The normalized spacial score (nSPS) is 18.2. The Balaban J connectivity index is 2.11. The number of nitrogens with one attached hydrogen (secondary N) is 1. The van der Waals surface area contributed by atoms with Gasteiger partial charge in [0.2, 0.25) is 0 Å². The summed E-state index contributed by atoms with van der Waals surface area (Å²) >= 11 is 0. The number of rotatable bonds is 5. The summed E-state index contributed by atoms with van der Waals surface area (Å²) in [7, 11) is 1.59. The Bertz CT molecular complexity index is 428. The van der Waals surface area contributed by atoms with E-state index in [9.17, 15) is 5.11 Å². The van der Waals surface area contributed by atoms with Crippen molar-refractivity contribution in [3.63, 3.8) is 0 Å². The number of piperazine rings is 1. The molecule has 1 saturated heterocycles. The number of hydrogen-bond donors (Lipinski definition) is 2. The van der Waals surface area contributed by atoms with Gasteiger partial charge in [0.15, 0.2) is 11.5 Å². The van der Waals surface area contributed by atoms with Gasteiger partial charge in [-0.1, -0.05) is 19.9 Å². The molecule has 2 rings (SSSR count). The van der Waals surface area contributed by atoms with Gasteiger partial charge >= 0.3 is 0 Å². The Morgan fingerprint density at radius 1 is 1.30 bits per heavy atom. The molecule has 4 nitrogen and oxygen atoms in total. The largest absolute Gasteiger partial charge is 0.504 e. The van der Waals surface area contributed by atoms with Crippen LogP contribution in [0.2, 0.25) is 0 Å². The van der Waals surface area contributed by atoms with E-state index in [1.807, 2.05) is 12.1 Å². The van der Waals surface area contributed by atoms with Crippen molar-refractivity contribution >= 4 is 0 Å². The Kier molecular flexibility index (Phi) is 5.26. The van der Waals surface area contributed by atoms with Gasteiger partial charge in [0.25, 0.3) is 0 Å². The number of phenolic OH excluding ortho intramolecular Hbond substituents is 1. The number of benzene rings is 1. The van der Waals surface area contributed by atoms with E-state index in [-0.39, 0.29) is 5.75 Å². The first-order chi connectivity index (χ1) is 9.61. The van der Waals surface area contributed by atoms with Crippen LogP contribution in [0.1, 0.15) is 19.4 Å². The van der Waals surface area contributed by atoms with Crippen molar-refractivity contribution in [2.24, 2.45) is 5.92 Å². The molecular weight excluding hydrogens is 252 g/mol. The van der Waals surface area contributed by atoms with E-state index in [1.54, 1.807) is 13.2 Å². The molecule has 4 heteroatoms. The van der Waals surface area contributed by atoms with E-state index in [2.05, 4.69) is 24.1 Å². The maximum atomic E-state index is 9.68. The Labute approximate surface area is 121 Å². The van der Waals surface area contributed by atoms with Crippen LogP contribution in [-0.4, -0.2) is 49.3 Å². The van der Waals surface area contributed by atoms with E-state index >= 15 is 0 Å². The van der Waals surface area contributed by atoms with Gasteiger partial charge in [-0.2, -0.15) is 0 Å². The highest BCUT2D eigenvalue weighted by molar-refractivity contribution is 5.42. The second-order valence-corrected chi connectivity index (χ2v) is 5.81. The summed E-state index contributed by atoms with van der Waals surface area (Å²) in [6.07, 6.45) is 0.994. The zero-order valence-corrected chi connectivity index (χ0v) is 12.7. The maximum Gasteiger partial charge on any atom is 0.160 e. The average Bonchev–Trinajstić information content (AvgIpc) is 2.47. The lowest BCUT2D eigenvalue weighted by molar-refractivity contribution is 0.136. The number of phenols is 1.